The van der Waals surface area contributed by atoms with Crippen LogP contribution in [0, 0.1) is 0 Å². The Balaban J connectivity index is 1.66. The van der Waals surface area contributed by atoms with E-state index in [1.165, 1.54) is 62.6 Å². The summed E-state index contributed by atoms with van der Waals surface area (Å²) in [6, 6.07) is 18.0. The Labute approximate surface area is 234 Å². The van der Waals surface area contributed by atoms with Crippen LogP contribution in [0.1, 0.15) is 6.92 Å². The van der Waals surface area contributed by atoms with Crippen LogP contribution in [0.2, 0.25) is 5.02 Å². The Hall–Kier alpha value is -3.32. The first-order chi connectivity index (χ1) is 18.4. The number of hydrogen-bond donors (Lipinski definition) is 1. The number of rotatable bonds is 13. The second kappa shape index (κ2) is 13.2. The van der Waals surface area contributed by atoms with E-state index in [4.69, 9.17) is 21.1 Å². The highest BCUT2D eigenvalue weighted by molar-refractivity contribution is 7.92. The Morgan fingerprint density at radius 1 is 0.795 bits per heavy atom. The molecule has 0 fully saturated rings. The van der Waals surface area contributed by atoms with Crippen LogP contribution in [-0.4, -0.2) is 67.4 Å². The first kappa shape index (κ1) is 30.2. The van der Waals surface area contributed by atoms with Gasteiger partial charge in [0.25, 0.3) is 10.0 Å². The lowest BCUT2D eigenvalue weighted by molar-refractivity contribution is -0.119. The van der Waals surface area contributed by atoms with Gasteiger partial charge in [-0.3, -0.25) is 9.10 Å². The monoisotopic (exact) mass is 595 g/mol. The summed E-state index contributed by atoms with van der Waals surface area (Å²) in [5.41, 5.74) is 0.285. The predicted molar refractivity (Wildman–Crippen MR) is 149 cm³/mol. The highest BCUT2D eigenvalue weighted by atomic mass is 35.5. The normalized spacial score (nSPS) is 11.7. The van der Waals surface area contributed by atoms with Gasteiger partial charge in [0, 0.05) is 19.1 Å². The summed E-state index contributed by atoms with van der Waals surface area (Å²) in [5.74, 6) is 0.444. The lowest BCUT2D eigenvalue weighted by atomic mass is 10.3. The smallest absolute Gasteiger partial charge is 0.264 e. The number of nitrogens with one attached hydrogen (secondary N) is 1. The SMILES string of the molecule is CCOc1ccc(N(CC(=O)NCCOc2ccc(S(=O)(=O)N(C)C)cc2)S(=O)(=O)c2ccc(Cl)cc2)cc1. The molecule has 10 nitrogen and oxygen atoms in total. The number of carbonyl (C=O) groups excluding carboxylic acids is 1. The minimum Gasteiger partial charge on any atom is -0.494 e. The Bertz CT molecular complexity index is 1460. The van der Waals surface area contributed by atoms with Crippen LogP contribution in [0.4, 0.5) is 5.69 Å². The van der Waals surface area contributed by atoms with Gasteiger partial charge in [-0.1, -0.05) is 11.6 Å². The molecule has 0 saturated carbocycles. The topological polar surface area (TPSA) is 122 Å². The van der Waals surface area contributed by atoms with Crippen LogP contribution in [0.25, 0.3) is 0 Å². The van der Waals surface area contributed by atoms with Gasteiger partial charge in [0.1, 0.15) is 24.7 Å². The molecule has 0 spiro atoms. The van der Waals surface area contributed by atoms with Crippen molar-refractivity contribution in [2.24, 2.45) is 0 Å². The molecular weight excluding hydrogens is 566 g/mol. The van der Waals surface area contributed by atoms with E-state index in [9.17, 15) is 21.6 Å². The van der Waals surface area contributed by atoms with Gasteiger partial charge in [-0.05, 0) is 79.7 Å². The summed E-state index contributed by atoms with van der Waals surface area (Å²) in [5, 5.41) is 3.03. The fraction of sp³-hybridized carbons (Fsp3) is 0.269. The zero-order valence-electron chi connectivity index (χ0n) is 21.7. The Kier molecular flexibility index (Phi) is 10.2. The molecule has 0 radical (unpaired) electrons. The second-order valence-electron chi connectivity index (χ2n) is 8.35. The molecule has 0 aliphatic heterocycles. The number of sulfonamides is 2. The first-order valence-electron chi connectivity index (χ1n) is 11.9. The van der Waals surface area contributed by atoms with Gasteiger partial charge in [0.15, 0.2) is 0 Å². The molecule has 0 atom stereocenters. The number of hydrogen-bond acceptors (Lipinski definition) is 7. The maximum Gasteiger partial charge on any atom is 0.264 e. The van der Waals surface area contributed by atoms with Crippen LogP contribution in [-0.2, 0) is 24.8 Å². The molecule has 3 rings (SSSR count). The molecule has 0 bridgehead atoms. The molecule has 0 saturated heterocycles. The van der Waals surface area contributed by atoms with Crippen molar-refractivity contribution in [3.63, 3.8) is 0 Å². The number of benzene rings is 3. The molecule has 0 aliphatic rings. The van der Waals surface area contributed by atoms with Crippen LogP contribution < -0.4 is 19.1 Å². The molecule has 0 unspecified atom stereocenters. The fourth-order valence-electron chi connectivity index (χ4n) is 3.39. The highest BCUT2D eigenvalue weighted by Crippen LogP contribution is 2.26. The third-order valence-electron chi connectivity index (χ3n) is 5.42. The Morgan fingerprint density at radius 2 is 1.31 bits per heavy atom. The second-order valence-corrected chi connectivity index (χ2v) is 12.8. The van der Waals surface area contributed by atoms with Crippen molar-refractivity contribution >= 4 is 43.2 Å². The van der Waals surface area contributed by atoms with Crippen molar-refractivity contribution in [1.82, 2.24) is 9.62 Å². The van der Waals surface area contributed by atoms with Crippen molar-refractivity contribution in [2.45, 2.75) is 16.7 Å². The Morgan fingerprint density at radius 3 is 1.87 bits per heavy atom. The van der Waals surface area contributed by atoms with E-state index in [1.807, 2.05) is 6.92 Å². The van der Waals surface area contributed by atoms with E-state index < -0.39 is 32.5 Å². The quantitative estimate of drug-likeness (QED) is 0.301. The lowest BCUT2D eigenvalue weighted by Gasteiger charge is -2.24. The van der Waals surface area contributed by atoms with Crippen LogP contribution in [0.3, 0.4) is 0 Å². The standard InChI is InChI=1S/C26H30ClN3O7S2/c1-4-36-22-9-7-21(8-10-22)30(39(34,35)25-13-5-20(27)6-14-25)19-26(31)28-17-18-37-23-11-15-24(16-12-23)38(32,33)29(2)3/h5-16H,4,17-19H2,1-3H3,(H,28,31). The van der Waals surface area contributed by atoms with E-state index in [0.29, 0.717) is 23.1 Å². The maximum absolute atomic E-state index is 13.4. The van der Waals surface area contributed by atoms with Gasteiger partial charge >= 0.3 is 0 Å². The highest BCUT2D eigenvalue weighted by Gasteiger charge is 2.27. The summed E-state index contributed by atoms with van der Waals surface area (Å²) < 4.78 is 64.4. The number of carbonyl (C=O) groups is 1. The van der Waals surface area contributed by atoms with Crippen molar-refractivity contribution in [1.29, 1.82) is 0 Å². The number of ether oxygens (including phenoxy) is 2. The number of halogens is 1. The summed E-state index contributed by atoms with van der Waals surface area (Å²) in [6.07, 6.45) is 0. The van der Waals surface area contributed by atoms with Gasteiger partial charge in [-0.15, -0.1) is 0 Å². The maximum atomic E-state index is 13.4. The third-order valence-corrected chi connectivity index (χ3v) is 9.29. The zero-order chi connectivity index (χ0) is 28.6. The molecule has 1 amide bonds. The number of amides is 1. The van der Waals surface area contributed by atoms with Crippen molar-refractivity contribution in [3.05, 3.63) is 77.8 Å². The molecule has 39 heavy (non-hydrogen) atoms. The average Bonchev–Trinajstić information content (AvgIpc) is 2.91. The van der Waals surface area contributed by atoms with Gasteiger partial charge < -0.3 is 14.8 Å². The van der Waals surface area contributed by atoms with E-state index >= 15 is 0 Å². The fourth-order valence-corrected chi connectivity index (χ4v) is 5.84. The molecule has 0 aromatic heterocycles. The molecule has 3 aromatic carbocycles. The van der Waals surface area contributed by atoms with Crippen LogP contribution >= 0.6 is 11.6 Å². The molecule has 1 N–H and O–H groups in total. The number of nitrogens with zero attached hydrogens (tertiary/aromatic N) is 2. The minimum absolute atomic E-state index is 0.0170. The van der Waals surface area contributed by atoms with E-state index in [0.717, 1.165) is 8.61 Å². The van der Waals surface area contributed by atoms with Crippen molar-refractivity contribution < 1.29 is 31.1 Å². The minimum atomic E-state index is -4.10. The summed E-state index contributed by atoms with van der Waals surface area (Å²) in [4.78, 5) is 12.9. The summed E-state index contributed by atoms with van der Waals surface area (Å²) >= 11 is 5.92. The van der Waals surface area contributed by atoms with Crippen LogP contribution in [0.5, 0.6) is 11.5 Å². The van der Waals surface area contributed by atoms with Gasteiger partial charge in [-0.2, -0.15) is 0 Å². The van der Waals surface area contributed by atoms with Gasteiger partial charge in [-0.25, -0.2) is 21.1 Å². The average molecular weight is 596 g/mol. The van der Waals surface area contributed by atoms with Gasteiger partial charge in [0.05, 0.1) is 28.6 Å². The molecule has 0 aliphatic carbocycles. The van der Waals surface area contributed by atoms with Crippen molar-refractivity contribution in [2.75, 3.05) is 44.7 Å². The van der Waals surface area contributed by atoms with Crippen molar-refractivity contribution in [3.8, 4) is 11.5 Å². The largest absolute Gasteiger partial charge is 0.494 e. The molecular formula is C26H30ClN3O7S2. The molecule has 0 heterocycles. The molecule has 13 heteroatoms. The van der Waals surface area contributed by atoms with Gasteiger partial charge in [0.2, 0.25) is 15.9 Å². The lowest BCUT2D eigenvalue weighted by Crippen LogP contribution is -2.41. The molecule has 210 valence electrons. The predicted octanol–water partition coefficient (Wildman–Crippen LogP) is 3.38. The van der Waals surface area contributed by atoms with E-state index in [2.05, 4.69) is 5.32 Å². The molecule has 3 aromatic rings. The number of anilines is 1. The zero-order valence-corrected chi connectivity index (χ0v) is 24.1. The summed E-state index contributed by atoms with van der Waals surface area (Å²) in [7, 11) is -4.76. The summed E-state index contributed by atoms with van der Waals surface area (Å²) in [6.45, 7) is 1.99. The van der Waals surface area contributed by atoms with E-state index in [-0.39, 0.29) is 28.6 Å². The van der Waals surface area contributed by atoms with E-state index in [1.54, 1.807) is 24.3 Å². The first-order valence-corrected chi connectivity index (χ1v) is 15.1. The van der Waals surface area contributed by atoms with Crippen LogP contribution in [0.15, 0.2) is 82.6 Å². The third kappa shape index (κ3) is 7.85.